The van der Waals surface area contributed by atoms with Gasteiger partial charge in [0.25, 0.3) is 5.56 Å². The van der Waals surface area contributed by atoms with Crippen molar-refractivity contribution in [1.29, 1.82) is 5.26 Å². The van der Waals surface area contributed by atoms with Gasteiger partial charge in [-0.3, -0.25) is 4.79 Å². The lowest BCUT2D eigenvalue weighted by molar-refractivity contribution is 0.552. The van der Waals surface area contributed by atoms with E-state index in [4.69, 9.17) is 0 Å². The first-order valence-corrected chi connectivity index (χ1v) is 7.84. The quantitative estimate of drug-likeness (QED) is 0.686. The van der Waals surface area contributed by atoms with E-state index in [9.17, 15) is 18.8 Å². The molecule has 0 amide bonds. The van der Waals surface area contributed by atoms with Crippen LogP contribution in [0.2, 0.25) is 0 Å². The maximum absolute atomic E-state index is 14.0. The van der Waals surface area contributed by atoms with E-state index < -0.39 is 28.7 Å². The van der Waals surface area contributed by atoms with Crippen LogP contribution in [-0.4, -0.2) is 15.2 Å². The van der Waals surface area contributed by atoms with Crippen LogP contribution < -0.4 is 5.56 Å². The molecule has 2 rings (SSSR count). The molecule has 0 spiro atoms. The van der Waals surface area contributed by atoms with Crippen LogP contribution >= 0.6 is 11.8 Å². The van der Waals surface area contributed by atoms with Gasteiger partial charge in [-0.2, -0.15) is 5.26 Å². The van der Waals surface area contributed by atoms with Gasteiger partial charge >= 0.3 is 0 Å². The summed E-state index contributed by atoms with van der Waals surface area (Å²) in [5, 5.41) is 9.90. The van der Waals surface area contributed by atoms with E-state index in [1.165, 1.54) is 24.8 Å². The molecule has 0 bridgehead atoms. The van der Waals surface area contributed by atoms with Crippen molar-refractivity contribution in [2.45, 2.75) is 37.1 Å². The first-order chi connectivity index (χ1) is 10.8. The fourth-order valence-corrected chi connectivity index (χ4v) is 2.89. The minimum Gasteiger partial charge on any atom is -0.301 e. The molecule has 7 heteroatoms. The van der Waals surface area contributed by atoms with E-state index in [1.54, 1.807) is 0 Å². The second kappa shape index (κ2) is 6.92. The van der Waals surface area contributed by atoms with E-state index in [0.717, 1.165) is 12.1 Å². The molecule has 1 atom stereocenters. The van der Waals surface area contributed by atoms with Gasteiger partial charge in [-0.15, -0.1) is 0 Å². The number of thioether (sulfide) groups is 1. The molecule has 2 aromatic rings. The molecule has 23 heavy (non-hydrogen) atoms. The fourth-order valence-electron chi connectivity index (χ4n) is 2.14. The maximum Gasteiger partial charge on any atom is 0.254 e. The topological polar surface area (TPSA) is 69.5 Å². The van der Waals surface area contributed by atoms with E-state index >= 15 is 0 Å². The summed E-state index contributed by atoms with van der Waals surface area (Å²) in [5.74, 6) is -2.96. The van der Waals surface area contributed by atoms with Crippen molar-refractivity contribution in [3.05, 3.63) is 57.0 Å². The number of aromatic nitrogens is 2. The van der Waals surface area contributed by atoms with E-state index in [1.807, 2.05) is 19.9 Å². The summed E-state index contributed by atoms with van der Waals surface area (Å²) in [6, 6.07) is 5.24. The molecular formula is C16H15F2N3OS. The number of H-pyrrole nitrogens is 1. The summed E-state index contributed by atoms with van der Waals surface area (Å²) in [5.41, 5.74) is -0.567. The molecule has 0 aliphatic heterocycles. The first kappa shape index (κ1) is 17.2. The zero-order chi connectivity index (χ0) is 17.1. The van der Waals surface area contributed by atoms with Gasteiger partial charge in [0.05, 0.1) is 11.8 Å². The van der Waals surface area contributed by atoms with Crippen LogP contribution in [0.15, 0.2) is 28.2 Å². The lowest BCUT2D eigenvalue weighted by Crippen LogP contribution is -2.19. The van der Waals surface area contributed by atoms with Crippen LogP contribution in [0.3, 0.4) is 0 Å². The average Bonchev–Trinajstić information content (AvgIpc) is 2.46. The van der Waals surface area contributed by atoms with Crippen molar-refractivity contribution in [3.8, 4) is 6.07 Å². The maximum atomic E-state index is 14.0. The molecule has 0 radical (unpaired) electrons. The van der Waals surface area contributed by atoms with Crippen molar-refractivity contribution in [2.24, 2.45) is 0 Å². The minimum atomic E-state index is -1.29. The highest BCUT2D eigenvalue weighted by molar-refractivity contribution is 7.99. The van der Waals surface area contributed by atoms with Gasteiger partial charge in [-0.25, -0.2) is 13.8 Å². The molecule has 1 aromatic carbocycles. The molecule has 4 nitrogen and oxygen atoms in total. The SMILES string of the molecule is Cc1c(C(C#N)c2c(F)cccc2F)nc(SC(C)C)[nH]c1=O. The largest absolute Gasteiger partial charge is 0.301 e. The first-order valence-electron chi connectivity index (χ1n) is 6.96. The molecule has 120 valence electrons. The molecule has 0 saturated heterocycles. The molecular weight excluding hydrogens is 320 g/mol. The predicted octanol–water partition coefficient (Wildman–Crippen LogP) is 3.51. The Hall–Kier alpha value is -2.20. The number of nitriles is 1. The van der Waals surface area contributed by atoms with Gasteiger partial charge in [-0.05, 0) is 19.1 Å². The standard InChI is InChI=1S/C16H15F2N3OS/c1-8(2)23-16-20-14(9(3)15(22)21-16)10(7-19)13-11(17)5-4-6-12(13)18/h4-6,8,10H,1-3H3,(H,20,21,22). The molecule has 0 aliphatic rings. The van der Waals surface area contributed by atoms with Gasteiger partial charge in [0.2, 0.25) is 0 Å². The third-order valence-corrected chi connectivity index (χ3v) is 4.09. The van der Waals surface area contributed by atoms with Gasteiger partial charge in [0, 0.05) is 16.4 Å². The lowest BCUT2D eigenvalue weighted by Gasteiger charge is -2.14. The highest BCUT2D eigenvalue weighted by Gasteiger charge is 2.26. The number of rotatable bonds is 4. The van der Waals surface area contributed by atoms with Gasteiger partial charge in [0.15, 0.2) is 5.16 Å². The summed E-state index contributed by atoms with van der Waals surface area (Å²) < 4.78 is 28.0. The smallest absolute Gasteiger partial charge is 0.254 e. The van der Waals surface area contributed by atoms with Crippen molar-refractivity contribution >= 4 is 11.8 Å². The number of benzene rings is 1. The van der Waals surface area contributed by atoms with Gasteiger partial charge < -0.3 is 4.98 Å². The Bertz CT molecular complexity index is 807. The molecule has 1 N–H and O–H groups in total. The van der Waals surface area contributed by atoms with Crippen molar-refractivity contribution in [2.75, 3.05) is 0 Å². The Morgan fingerprint density at radius 3 is 2.43 bits per heavy atom. The van der Waals surface area contributed by atoms with Crippen LogP contribution in [-0.2, 0) is 0 Å². The lowest BCUT2D eigenvalue weighted by atomic mass is 9.93. The number of hydrogen-bond acceptors (Lipinski definition) is 4. The highest BCUT2D eigenvalue weighted by Crippen LogP contribution is 2.29. The number of nitrogens with one attached hydrogen (secondary N) is 1. The zero-order valence-electron chi connectivity index (χ0n) is 12.9. The number of nitrogens with zero attached hydrogens (tertiary/aromatic N) is 2. The van der Waals surface area contributed by atoms with E-state index in [-0.39, 0.29) is 16.5 Å². The second-order valence-electron chi connectivity index (χ2n) is 5.25. The summed E-state index contributed by atoms with van der Waals surface area (Å²) >= 11 is 1.30. The monoisotopic (exact) mass is 335 g/mol. The molecule has 1 heterocycles. The van der Waals surface area contributed by atoms with Crippen molar-refractivity contribution in [1.82, 2.24) is 9.97 Å². The Kier molecular flexibility index (Phi) is 5.16. The second-order valence-corrected chi connectivity index (χ2v) is 6.81. The molecule has 0 aliphatic carbocycles. The van der Waals surface area contributed by atoms with Crippen LogP contribution in [0, 0.1) is 29.9 Å². The van der Waals surface area contributed by atoms with Crippen molar-refractivity contribution in [3.63, 3.8) is 0 Å². The average molecular weight is 335 g/mol. The van der Waals surface area contributed by atoms with Crippen LogP contribution in [0.1, 0.15) is 36.6 Å². The third-order valence-electron chi connectivity index (χ3n) is 3.21. The zero-order valence-corrected chi connectivity index (χ0v) is 13.7. The Morgan fingerprint density at radius 1 is 1.30 bits per heavy atom. The highest BCUT2D eigenvalue weighted by atomic mass is 32.2. The molecule has 0 fully saturated rings. The van der Waals surface area contributed by atoms with Crippen molar-refractivity contribution < 1.29 is 8.78 Å². The van der Waals surface area contributed by atoms with E-state index in [0.29, 0.717) is 5.16 Å². The number of halogens is 2. The predicted molar refractivity (Wildman–Crippen MR) is 84.4 cm³/mol. The number of hydrogen-bond donors (Lipinski definition) is 1. The Morgan fingerprint density at radius 2 is 1.91 bits per heavy atom. The van der Waals surface area contributed by atoms with Crippen LogP contribution in [0.25, 0.3) is 0 Å². The summed E-state index contributed by atoms with van der Waals surface area (Å²) in [6.07, 6.45) is 0. The molecule has 0 saturated carbocycles. The Balaban J connectivity index is 2.65. The van der Waals surface area contributed by atoms with Crippen LogP contribution in [0.4, 0.5) is 8.78 Å². The minimum absolute atomic E-state index is 0.0726. The molecule has 1 aromatic heterocycles. The normalized spacial score (nSPS) is 12.2. The van der Waals surface area contributed by atoms with Crippen LogP contribution in [0.5, 0.6) is 0 Å². The van der Waals surface area contributed by atoms with E-state index in [2.05, 4.69) is 9.97 Å². The summed E-state index contributed by atoms with van der Waals surface area (Å²) in [4.78, 5) is 18.9. The fraction of sp³-hybridized carbons (Fsp3) is 0.312. The summed E-state index contributed by atoms with van der Waals surface area (Å²) in [7, 11) is 0. The number of aromatic amines is 1. The Labute approximate surface area is 136 Å². The van der Waals surface area contributed by atoms with Gasteiger partial charge in [-0.1, -0.05) is 31.7 Å². The molecule has 1 unspecified atom stereocenters. The summed E-state index contributed by atoms with van der Waals surface area (Å²) in [6.45, 7) is 5.32. The van der Waals surface area contributed by atoms with Gasteiger partial charge in [0.1, 0.15) is 17.6 Å². The third kappa shape index (κ3) is 3.59.